The highest BCUT2D eigenvalue weighted by Crippen LogP contribution is 2.31. The Morgan fingerprint density at radius 2 is 1.94 bits per heavy atom. The van der Waals surface area contributed by atoms with Gasteiger partial charge in [0.15, 0.2) is 5.52 Å². The number of nitrogens with one attached hydrogen (secondary N) is 2. The van der Waals surface area contributed by atoms with Crippen molar-refractivity contribution < 1.29 is 9.53 Å². The third kappa shape index (κ3) is 4.01. The van der Waals surface area contributed by atoms with Gasteiger partial charge in [0.25, 0.3) is 5.91 Å². The van der Waals surface area contributed by atoms with Gasteiger partial charge in [0.2, 0.25) is 5.88 Å². The minimum Gasteiger partial charge on any atom is -0.479 e. The number of amides is 1. The molecule has 5 rings (SSSR count). The normalized spacial score (nSPS) is 18.4. The highest BCUT2D eigenvalue weighted by molar-refractivity contribution is 6.13. The summed E-state index contributed by atoms with van der Waals surface area (Å²) in [6, 6.07) is 6.31. The summed E-state index contributed by atoms with van der Waals surface area (Å²) in [5.74, 6) is 1.05. The number of pyridine rings is 1. The van der Waals surface area contributed by atoms with Crippen molar-refractivity contribution in [2.75, 3.05) is 30.4 Å². The van der Waals surface area contributed by atoms with E-state index in [9.17, 15) is 4.79 Å². The van der Waals surface area contributed by atoms with Crippen LogP contribution >= 0.6 is 0 Å². The lowest BCUT2D eigenvalue weighted by Crippen LogP contribution is -2.54. The smallest absolute Gasteiger partial charge is 0.259 e. The molecule has 1 aromatic carbocycles. The largest absolute Gasteiger partial charge is 0.479 e. The maximum Gasteiger partial charge on any atom is 0.259 e. The van der Waals surface area contributed by atoms with Crippen LogP contribution in [0.5, 0.6) is 5.88 Å². The molecular formula is C24H28N8O2. The van der Waals surface area contributed by atoms with E-state index in [0.717, 1.165) is 29.5 Å². The van der Waals surface area contributed by atoms with Crippen LogP contribution in [0.4, 0.5) is 11.5 Å². The van der Waals surface area contributed by atoms with E-state index in [4.69, 9.17) is 4.74 Å². The van der Waals surface area contributed by atoms with Crippen LogP contribution in [0.3, 0.4) is 0 Å². The zero-order valence-corrected chi connectivity index (χ0v) is 20.0. The number of rotatable bonds is 4. The molecule has 10 nitrogen and oxygen atoms in total. The Hall–Kier alpha value is -3.79. The summed E-state index contributed by atoms with van der Waals surface area (Å²) in [7, 11) is 3.36. The van der Waals surface area contributed by atoms with Crippen LogP contribution in [0, 0.1) is 6.92 Å². The third-order valence-electron chi connectivity index (χ3n) is 6.00. The van der Waals surface area contributed by atoms with Crippen LogP contribution < -0.4 is 20.3 Å². The van der Waals surface area contributed by atoms with Crippen molar-refractivity contribution in [3.8, 4) is 5.88 Å². The molecule has 1 saturated heterocycles. The van der Waals surface area contributed by atoms with Gasteiger partial charge in [0.1, 0.15) is 11.6 Å². The monoisotopic (exact) mass is 460 g/mol. The lowest BCUT2D eigenvalue weighted by Gasteiger charge is -2.38. The predicted octanol–water partition coefficient (Wildman–Crippen LogP) is 2.67. The van der Waals surface area contributed by atoms with Crippen molar-refractivity contribution in [2.45, 2.75) is 32.9 Å². The minimum absolute atomic E-state index is 0.297. The molecule has 2 N–H and O–H groups in total. The Morgan fingerprint density at radius 1 is 1.18 bits per heavy atom. The molecule has 4 aromatic rings. The van der Waals surface area contributed by atoms with Crippen molar-refractivity contribution in [2.24, 2.45) is 7.05 Å². The van der Waals surface area contributed by atoms with Gasteiger partial charge in [-0.2, -0.15) is 10.1 Å². The fourth-order valence-corrected chi connectivity index (χ4v) is 4.69. The third-order valence-corrected chi connectivity index (χ3v) is 6.00. The lowest BCUT2D eigenvalue weighted by molar-refractivity contribution is 0.102. The van der Waals surface area contributed by atoms with Gasteiger partial charge in [-0.05, 0) is 39.0 Å². The van der Waals surface area contributed by atoms with Crippen LogP contribution in [-0.4, -0.2) is 62.9 Å². The molecule has 3 aromatic heterocycles. The number of hydrogen-bond donors (Lipinski definition) is 2. The van der Waals surface area contributed by atoms with Crippen LogP contribution in [0.25, 0.3) is 21.8 Å². The molecule has 1 aliphatic heterocycles. The average Bonchev–Trinajstić information content (AvgIpc) is 3.16. The molecule has 0 aliphatic carbocycles. The zero-order chi connectivity index (χ0) is 24.0. The maximum atomic E-state index is 13.4. The van der Waals surface area contributed by atoms with Crippen LogP contribution in [-0.2, 0) is 7.05 Å². The number of carbonyl (C=O) groups is 1. The van der Waals surface area contributed by atoms with E-state index in [1.54, 1.807) is 10.7 Å². The van der Waals surface area contributed by atoms with Gasteiger partial charge in [-0.1, -0.05) is 0 Å². The van der Waals surface area contributed by atoms with Gasteiger partial charge >= 0.3 is 0 Å². The number of benzene rings is 1. The van der Waals surface area contributed by atoms with Crippen molar-refractivity contribution >= 4 is 39.2 Å². The maximum absolute atomic E-state index is 13.4. The molecule has 2 atom stereocenters. The second kappa shape index (κ2) is 8.53. The van der Waals surface area contributed by atoms with Gasteiger partial charge in [-0.15, -0.1) is 0 Å². The van der Waals surface area contributed by atoms with Gasteiger partial charge in [0.05, 0.1) is 18.2 Å². The highest BCUT2D eigenvalue weighted by atomic mass is 16.5. The van der Waals surface area contributed by atoms with Crippen LogP contribution in [0.15, 0.2) is 30.6 Å². The molecule has 0 bridgehead atoms. The fourth-order valence-electron chi connectivity index (χ4n) is 4.69. The summed E-state index contributed by atoms with van der Waals surface area (Å²) in [5.41, 5.74) is 2.76. The van der Waals surface area contributed by atoms with Crippen molar-refractivity contribution in [1.29, 1.82) is 0 Å². The molecule has 1 fully saturated rings. The van der Waals surface area contributed by atoms with Crippen LogP contribution in [0.1, 0.15) is 30.0 Å². The first-order valence-corrected chi connectivity index (χ1v) is 11.3. The van der Waals surface area contributed by atoms with Crippen molar-refractivity contribution in [3.63, 3.8) is 0 Å². The fraction of sp³-hybridized carbons (Fsp3) is 0.375. The van der Waals surface area contributed by atoms with E-state index >= 15 is 0 Å². The highest BCUT2D eigenvalue weighted by Gasteiger charge is 2.24. The number of carbonyl (C=O) groups excluding carboxylic acids is 1. The van der Waals surface area contributed by atoms with E-state index in [-0.39, 0.29) is 5.91 Å². The van der Waals surface area contributed by atoms with E-state index in [1.165, 1.54) is 7.11 Å². The Kier molecular flexibility index (Phi) is 5.52. The molecule has 0 saturated carbocycles. The topological polar surface area (TPSA) is 110 Å². The van der Waals surface area contributed by atoms with Crippen molar-refractivity contribution in [1.82, 2.24) is 30.0 Å². The van der Waals surface area contributed by atoms with Gasteiger partial charge < -0.3 is 20.3 Å². The Balaban J connectivity index is 1.53. The molecule has 4 heterocycles. The number of nitrogens with zero attached hydrogens (tertiary/aromatic N) is 6. The molecule has 0 unspecified atom stereocenters. The molecule has 0 spiro atoms. The number of ether oxygens (including phenoxy) is 1. The molecule has 0 radical (unpaired) electrons. The summed E-state index contributed by atoms with van der Waals surface area (Å²) in [6.45, 7) is 7.91. The summed E-state index contributed by atoms with van der Waals surface area (Å²) in [4.78, 5) is 29.2. The minimum atomic E-state index is -0.297. The Labute approximate surface area is 197 Å². The zero-order valence-electron chi connectivity index (χ0n) is 20.0. The van der Waals surface area contributed by atoms with E-state index in [2.05, 4.69) is 49.4 Å². The van der Waals surface area contributed by atoms with E-state index in [1.807, 2.05) is 38.5 Å². The first-order chi connectivity index (χ1) is 16.3. The molecule has 10 heteroatoms. The summed E-state index contributed by atoms with van der Waals surface area (Å²) >= 11 is 0. The number of methoxy groups -OCH3 is 1. The van der Waals surface area contributed by atoms with Gasteiger partial charge in [-0.3, -0.25) is 9.48 Å². The SMILES string of the molecule is COc1nc(NC(=O)c2ccc(N3C[C@@H](C)N[C@@H](C)C3)c3cnc(C)nc23)cc2cn(C)nc12. The summed E-state index contributed by atoms with van der Waals surface area (Å²) < 4.78 is 7.07. The van der Waals surface area contributed by atoms with Gasteiger partial charge in [-0.25, -0.2) is 9.97 Å². The van der Waals surface area contributed by atoms with E-state index < -0.39 is 0 Å². The second-order valence-corrected chi connectivity index (χ2v) is 8.90. The summed E-state index contributed by atoms with van der Waals surface area (Å²) in [6.07, 6.45) is 3.66. The number of aromatic nitrogens is 5. The summed E-state index contributed by atoms with van der Waals surface area (Å²) in [5, 5.41) is 12.5. The Bertz CT molecular complexity index is 1390. The molecule has 34 heavy (non-hydrogen) atoms. The number of anilines is 2. The van der Waals surface area contributed by atoms with Crippen LogP contribution in [0.2, 0.25) is 0 Å². The molecular weight excluding hydrogens is 432 g/mol. The molecule has 1 aliphatic rings. The number of piperazine rings is 1. The average molecular weight is 461 g/mol. The first kappa shape index (κ1) is 22.0. The first-order valence-electron chi connectivity index (χ1n) is 11.3. The lowest BCUT2D eigenvalue weighted by atomic mass is 10.0. The molecule has 1 amide bonds. The number of hydrogen-bond acceptors (Lipinski definition) is 8. The van der Waals surface area contributed by atoms with Crippen molar-refractivity contribution in [3.05, 3.63) is 42.0 Å². The predicted molar refractivity (Wildman–Crippen MR) is 132 cm³/mol. The quantitative estimate of drug-likeness (QED) is 0.478. The number of fused-ring (bicyclic) bond motifs is 2. The molecule has 176 valence electrons. The number of aryl methyl sites for hydroxylation is 2. The second-order valence-electron chi connectivity index (χ2n) is 8.90. The van der Waals surface area contributed by atoms with E-state index in [0.29, 0.717) is 46.2 Å². The van der Waals surface area contributed by atoms with Gasteiger partial charge in [0, 0.05) is 61.1 Å². The standard InChI is InChI=1S/C24H28N8O2/c1-13-10-32(11-14(2)26-13)19-7-6-17(22-18(19)9-25-15(3)27-22)23(33)28-20-8-16-12-31(4)30-21(16)24(29-20)34-5/h6-9,12-14,26H,10-11H2,1-5H3,(H,28,33)/t13-,14+. The Morgan fingerprint density at radius 3 is 2.68 bits per heavy atom.